The van der Waals surface area contributed by atoms with E-state index in [0.29, 0.717) is 50.0 Å². The van der Waals surface area contributed by atoms with Crippen LogP contribution in [0, 0.1) is 5.92 Å². The summed E-state index contributed by atoms with van der Waals surface area (Å²) in [5.74, 6) is 1.23. The van der Waals surface area contributed by atoms with Crippen molar-refractivity contribution >= 4 is 11.4 Å². The lowest BCUT2D eigenvalue weighted by Gasteiger charge is -2.24. The van der Waals surface area contributed by atoms with E-state index < -0.39 is 0 Å². The second-order valence-corrected chi connectivity index (χ2v) is 8.57. The Morgan fingerprint density at radius 3 is 2.91 bits per heavy atom. The standard InChI is InChI=1S/C27H28N4O4/c1-33-26-16-22(7-8-25(26)35-19-23-6-2-3-10-28-23)27(32)30-13-14-34-18-20(17-30)15-21-5-4-12-31-24(21)9-11-29-31/h2-12,16,20H,13-15,17-19H2,1H3/t20-/m0/s1. The van der Waals surface area contributed by atoms with Gasteiger partial charge in [-0.2, -0.15) is 5.10 Å². The van der Waals surface area contributed by atoms with Crippen LogP contribution in [0.2, 0.25) is 0 Å². The summed E-state index contributed by atoms with van der Waals surface area (Å²) in [5.41, 5.74) is 3.66. The van der Waals surface area contributed by atoms with E-state index in [1.807, 2.05) is 45.9 Å². The number of rotatable bonds is 7. The van der Waals surface area contributed by atoms with Crippen molar-refractivity contribution in [2.75, 3.05) is 33.4 Å². The van der Waals surface area contributed by atoms with Crippen molar-refractivity contribution in [3.63, 3.8) is 0 Å². The highest BCUT2D eigenvalue weighted by molar-refractivity contribution is 5.95. The van der Waals surface area contributed by atoms with E-state index in [2.05, 4.69) is 16.1 Å². The van der Waals surface area contributed by atoms with Gasteiger partial charge in [-0.15, -0.1) is 0 Å². The highest BCUT2D eigenvalue weighted by Crippen LogP contribution is 2.29. The molecule has 1 aromatic carbocycles. The second-order valence-electron chi connectivity index (χ2n) is 8.57. The Kier molecular flexibility index (Phi) is 6.90. The summed E-state index contributed by atoms with van der Waals surface area (Å²) < 4.78 is 19.1. The molecule has 1 atom stereocenters. The van der Waals surface area contributed by atoms with Gasteiger partial charge in [0, 0.05) is 43.2 Å². The summed E-state index contributed by atoms with van der Waals surface area (Å²) in [6.45, 7) is 2.62. The average Bonchev–Trinajstić information content (AvgIpc) is 3.27. The second kappa shape index (κ2) is 10.6. The Hall–Kier alpha value is -3.91. The highest BCUT2D eigenvalue weighted by Gasteiger charge is 2.25. The summed E-state index contributed by atoms with van der Waals surface area (Å²) >= 11 is 0. The van der Waals surface area contributed by atoms with Crippen LogP contribution in [0.25, 0.3) is 5.52 Å². The molecule has 0 saturated carbocycles. The normalized spacial score (nSPS) is 16.1. The Bertz CT molecular complexity index is 1290. The predicted molar refractivity (Wildman–Crippen MR) is 131 cm³/mol. The first-order valence-electron chi connectivity index (χ1n) is 11.7. The van der Waals surface area contributed by atoms with Crippen LogP contribution in [0.5, 0.6) is 11.5 Å². The fourth-order valence-electron chi connectivity index (χ4n) is 4.42. The van der Waals surface area contributed by atoms with Gasteiger partial charge in [-0.3, -0.25) is 9.78 Å². The van der Waals surface area contributed by atoms with Gasteiger partial charge in [-0.1, -0.05) is 12.1 Å². The molecule has 0 radical (unpaired) electrons. The lowest BCUT2D eigenvalue weighted by molar-refractivity contribution is 0.0737. The molecule has 4 heterocycles. The molecule has 0 N–H and O–H groups in total. The Morgan fingerprint density at radius 2 is 2.06 bits per heavy atom. The van der Waals surface area contributed by atoms with Gasteiger partial charge in [0.25, 0.3) is 5.91 Å². The molecule has 1 amide bonds. The van der Waals surface area contributed by atoms with Crippen LogP contribution in [0.1, 0.15) is 21.6 Å². The summed E-state index contributed by atoms with van der Waals surface area (Å²) in [7, 11) is 1.57. The number of hydrogen-bond donors (Lipinski definition) is 0. The number of methoxy groups -OCH3 is 1. The quantitative estimate of drug-likeness (QED) is 0.409. The first-order valence-corrected chi connectivity index (χ1v) is 11.7. The van der Waals surface area contributed by atoms with Crippen molar-refractivity contribution < 1.29 is 19.0 Å². The molecule has 1 aliphatic rings. The van der Waals surface area contributed by atoms with Gasteiger partial charge in [0.05, 0.1) is 31.5 Å². The van der Waals surface area contributed by atoms with Gasteiger partial charge in [0.15, 0.2) is 11.5 Å². The van der Waals surface area contributed by atoms with Crippen molar-refractivity contribution in [2.45, 2.75) is 13.0 Å². The molecule has 35 heavy (non-hydrogen) atoms. The zero-order chi connectivity index (χ0) is 24.0. The molecule has 4 aromatic rings. The van der Waals surface area contributed by atoms with Crippen molar-refractivity contribution in [3.05, 3.63) is 90.0 Å². The molecule has 8 nitrogen and oxygen atoms in total. The third-order valence-corrected chi connectivity index (χ3v) is 6.17. The van der Waals surface area contributed by atoms with Crippen LogP contribution in [-0.2, 0) is 17.8 Å². The molecule has 1 aliphatic heterocycles. The van der Waals surface area contributed by atoms with Gasteiger partial charge in [0.1, 0.15) is 6.61 Å². The van der Waals surface area contributed by atoms with E-state index in [9.17, 15) is 4.79 Å². The lowest BCUT2D eigenvalue weighted by atomic mass is 9.99. The van der Waals surface area contributed by atoms with Crippen molar-refractivity contribution in [1.82, 2.24) is 19.5 Å². The van der Waals surface area contributed by atoms with E-state index in [4.69, 9.17) is 14.2 Å². The van der Waals surface area contributed by atoms with Gasteiger partial charge >= 0.3 is 0 Å². The largest absolute Gasteiger partial charge is 0.493 e. The zero-order valence-corrected chi connectivity index (χ0v) is 19.7. The minimum absolute atomic E-state index is 0.0439. The molecule has 1 fully saturated rings. The van der Waals surface area contributed by atoms with Crippen LogP contribution < -0.4 is 9.47 Å². The third kappa shape index (κ3) is 5.27. The fourth-order valence-corrected chi connectivity index (χ4v) is 4.42. The number of amides is 1. The fraction of sp³-hybridized carbons (Fsp3) is 0.296. The summed E-state index contributed by atoms with van der Waals surface area (Å²) in [6.07, 6.45) is 6.28. The number of nitrogens with zero attached hydrogens (tertiary/aromatic N) is 4. The number of pyridine rings is 2. The van der Waals surface area contributed by atoms with Crippen LogP contribution in [0.15, 0.2) is 73.2 Å². The van der Waals surface area contributed by atoms with Crippen molar-refractivity contribution in [1.29, 1.82) is 0 Å². The third-order valence-electron chi connectivity index (χ3n) is 6.17. The van der Waals surface area contributed by atoms with Gasteiger partial charge in [0.2, 0.25) is 0 Å². The van der Waals surface area contributed by atoms with E-state index in [1.165, 1.54) is 5.56 Å². The number of carbonyl (C=O) groups is 1. The van der Waals surface area contributed by atoms with Crippen LogP contribution in [-0.4, -0.2) is 58.8 Å². The van der Waals surface area contributed by atoms with E-state index in [-0.39, 0.29) is 11.8 Å². The number of hydrogen-bond acceptors (Lipinski definition) is 6. The van der Waals surface area contributed by atoms with E-state index >= 15 is 0 Å². The van der Waals surface area contributed by atoms with Crippen LogP contribution in [0.4, 0.5) is 0 Å². The molecule has 0 bridgehead atoms. The maximum Gasteiger partial charge on any atom is 0.254 e. The smallest absolute Gasteiger partial charge is 0.254 e. The van der Waals surface area contributed by atoms with E-state index in [0.717, 1.165) is 17.6 Å². The average molecular weight is 473 g/mol. The number of carbonyl (C=O) groups excluding carboxylic acids is 1. The van der Waals surface area contributed by atoms with Crippen LogP contribution >= 0.6 is 0 Å². The van der Waals surface area contributed by atoms with Crippen molar-refractivity contribution in [2.24, 2.45) is 5.92 Å². The number of benzene rings is 1. The maximum absolute atomic E-state index is 13.4. The molecule has 0 spiro atoms. The minimum atomic E-state index is -0.0439. The molecule has 180 valence electrons. The first-order chi connectivity index (χ1) is 17.2. The Morgan fingerprint density at radius 1 is 1.11 bits per heavy atom. The molecule has 5 rings (SSSR count). The molecule has 3 aromatic heterocycles. The number of ether oxygens (including phenoxy) is 3. The number of aromatic nitrogens is 3. The summed E-state index contributed by atoms with van der Waals surface area (Å²) in [5, 5.41) is 4.32. The topological polar surface area (TPSA) is 78.2 Å². The van der Waals surface area contributed by atoms with E-state index in [1.54, 1.807) is 37.7 Å². The number of fused-ring (bicyclic) bond motifs is 1. The zero-order valence-electron chi connectivity index (χ0n) is 19.7. The van der Waals surface area contributed by atoms with Crippen LogP contribution in [0.3, 0.4) is 0 Å². The molecule has 0 unspecified atom stereocenters. The Balaban J connectivity index is 1.28. The molecular formula is C27H28N4O4. The van der Waals surface area contributed by atoms with Crippen molar-refractivity contribution in [3.8, 4) is 11.5 Å². The summed E-state index contributed by atoms with van der Waals surface area (Å²) in [6, 6.07) is 17.1. The molecule has 0 aliphatic carbocycles. The monoisotopic (exact) mass is 472 g/mol. The Labute approximate surface area is 204 Å². The molecule has 8 heteroatoms. The highest BCUT2D eigenvalue weighted by atomic mass is 16.5. The maximum atomic E-state index is 13.4. The van der Waals surface area contributed by atoms with Gasteiger partial charge < -0.3 is 19.1 Å². The van der Waals surface area contributed by atoms with Gasteiger partial charge in [-0.25, -0.2) is 4.52 Å². The molecule has 1 saturated heterocycles. The first kappa shape index (κ1) is 22.9. The van der Waals surface area contributed by atoms with Gasteiger partial charge in [-0.05, 0) is 54.4 Å². The predicted octanol–water partition coefficient (Wildman–Crippen LogP) is 3.65. The molecular weight excluding hydrogens is 444 g/mol. The summed E-state index contributed by atoms with van der Waals surface area (Å²) in [4.78, 5) is 19.6. The lowest BCUT2D eigenvalue weighted by Crippen LogP contribution is -2.36. The minimum Gasteiger partial charge on any atom is -0.493 e. The SMILES string of the molecule is COc1cc(C(=O)N2CCOC[C@@H](Cc3cccn4nccc34)C2)ccc1OCc1ccccn1.